The average Bonchev–Trinajstić information content (AvgIpc) is 2.73. The van der Waals surface area contributed by atoms with Crippen molar-refractivity contribution < 1.29 is 27.6 Å². The van der Waals surface area contributed by atoms with Crippen LogP contribution in [0.3, 0.4) is 0 Å². The molecule has 0 bridgehead atoms. The predicted molar refractivity (Wildman–Crippen MR) is 103 cm³/mol. The lowest BCUT2D eigenvalue weighted by molar-refractivity contribution is -0.385. The van der Waals surface area contributed by atoms with Crippen molar-refractivity contribution in [3.8, 4) is 11.5 Å². The number of piperazine rings is 1. The Morgan fingerprint density at radius 1 is 1.10 bits per heavy atom. The first-order chi connectivity index (χ1) is 14.2. The number of para-hydroxylation sites is 1. The second-order valence-corrected chi connectivity index (χ2v) is 6.76. The molecule has 1 aliphatic heterocycles. The lowest BCUT2D eigenvalue weighted by Gasteiger charge is -2.34. The van der Waals surface area contributed by atoms with E-state index < -0.39 is 22.4 Å². The van der Waals surface area contributed by atoms with Crippen LogP contribution in [0.15, 0.2) is 42.5 Å². The monoisotopic (exact) mass is 423 g/mol. The molecule has 2 aromatic carbocycles. The number of benzene rings is 2. The maximum absolute atomic E-state index is 13.0. The second kappa shape index (κ2) is 8.70. The number of hydrogen-bond acceptors (Lipinski definition) is 5. The minimum Gasteiger partial charge on any atom is -0.449 e. The standard InChI is InChI=1S/C20H20F3N3O4/c1-2-24-9-11-25(12-10-24)19(27)15-5-3-4-6-17(15)30-18-8-7-14(20(21,22)23)13-16(18)26(28)29/h3-8,13H,2,9-12H2,1H3. The molecular weight excluding hydrogens is 403 g/mol. The van der Waals surface area contributed by atoms with E-state index in [1.165, 1.54) is 12.1 Å². The summed E-state index contributed by atoms with van der Waals surface area (Å²) in [5.41, 5.74) is -1.79. The van der Waals surface area contributed by atoms with E-state index in [0.717, 1.165) is 25.7 Å². The number of nitro groups is 1. The number of carbonyl (C=O) groups excluding carboxylic acids is 1. The van der Waals surface area contributed by atoms with E-state index in [0.29, 0.717) is 25.2 Å². The lowest BCUT2D eigenvalue weighted by Crippen LogP contribution is -2.48. The van der Waals surface area contributed by atoms with Gasteiger partial charge in [0.1, 0.15) is 5.75 Å². The van der Waals surface area contributed by atoms with E-state index >= 15 is 0 Å². The zero-order valence-electron chi connectivity index (χ0n) is 16.2. The normalized spacial score (nSPS) is 15.1. The first-order valence-electron chi connectivity index (χ1n) is 9.35. The highest BCUT2D eigenvalue weighted by Crippen LogP contribution is 2.38. The molecule has 0 unspecified atom stereocenters. The molecule has 0 aromatic heterocycles. The topological polar surface area (TPSA) is 75.9 Å². The molecule has 30 heavy (non-hydrogen) atoms. The van der Waals surface area contributed by atoms with Crippen molar-refractivity contribution in [2.45, 2.75) is 13.1 Å². The van der Waals surface area contributed by atoms with Crippen LogP contribution < -0.4 is 4.74 Å². The molecule has 160 valence electrons. The molecule has 0 atom stereocenters. The molecule has 1 fully saturated rings. The molecule has 1 aliphatic rings. The molecule has 0 radical (unpaired) electrons. The van der Waals surface area contributed by atoms with Crippen LogP contribution in [-0.2, 0) is 6.18 Å². The zero-order valence-corrected chi connectivity index (χ0v) is 16.2. The molecule has 10 heteroatoms. The minimum absolute atomic E-state index is 0.0447. The lowest BCUT2D eigenvalue weighted by atomic mass is 10.1. The van der Waals surface area contributed by atoms with E-state index in [9.17, 15) is 28.1 Å². The SMILES string of the molecule is CCN1CCN(C(=O)c2ccccc2Oc2ccc(C(F)(F)F)cc2[N+](=O)[O-])CC1. The summed E-state index contributed by atoms with van der Waals surface area (Å²) in [4.78, 5) is 27.2. The Hall–Kier alpha value is -3.14. The Balaban J connectivity index is 1.88. The molecule has 7 nitrogen and oxygen atoms in total. The van der Waals surface area contributed by atoms with Crippen LogP contribution in [0.1, 0.15) is 22.8 Å². The number of likely N-dealkylation sites (N-methyl/N-ethyl adjacent to an activating group) is 1. The fourth-order valence-corrected chi connectivity index (χ4v) is 3.21. The number of carbonyl (C=O) groups is 1. The van der Waals surface area contributed by atoms with Gasteiger partial charge in [0.15, 0.2) is 0 Å². The highest BCUT2D eigenvalue weighted by molar-refractivity contribution is 5.97. The van der Waals surface area contributed by atoms with Crippen LogP contribution in [0.4, 0.5) is 18.9 Å². The predicted octanol–water partition coefficient (Wildman–Crippen LogP) is 4.18. The van der Waals surface area contributed by atoms with E-state index in [1.54, 1.807) is 17.0 Å². The van der Waals surface area contributed by atoms with Gasteiger partial charge < -0.3 is 14.5 Å². The van der Waals surface area contributed by atoms with Crippen molar-refractivity contribution in [1.29, 1.82) is 0 Å². The summed E-state index contributed by atoms with van der Waals surface area (Å²) < 4.78 is 44.3. The maximum atomic E-state index is 13.0. The van der Waals surface area contributed by atoms with Gasteiger partial charge in [-0.3, -0.25) is 14.9 Å². The number of rotatable bonds is 5. The molecule has 2 aromatic rings. The maximum Gasteiger partial charge on any atom is 0.416 e. The summed E-state index contributed by atoms with van der Waals surface area (Å²) in [5, 5.41) is 11.3. The molecule has 0 aliphatic carbocycles. The largest absolute Gasteiger partial charge is 0.449 e. The number of halogens is 3. The zero-order chi connectivity index (χ0) is 21.9. The smallest absolute Gasteiger partial charge is 0.416 e. The minimum atomic E-state index is -4.72. The summed E-state index contributed by atoms with van der Waals surface area (Å²) >= 11 is 0. The van der Waals surface area contributed by atoms with E-state index in [2.05, 4.69) is 4.90 Å². The van der Waals surface area contributed by atoms with Crippen LogP contribution in [0.5, 0.6) is 11.5 Å². The summed E-state index contributed by atoms with van der Waals surface area (Å²) in [6, 6.07) is 8.21. The molecule has 3 rings (SSSR count). The van der Waals surface area contributed by atoms with Crippen molar-refractivity contribution in [3.05, 3.63) is 63.7 Å². The van der Waals surface area contributed by atoms with Gasteiger partial charge in [0.2, 0.25) is 5.75 Å². The van der Waals surface area contributed by atoms with Crippen LogP contribution in [0, 0.1) is 10.1 Å². The summed E-state index contributed by atoms with van der Waals surface area (Å²) in [7, 11) is 0. The third-order valence-electron chi connectivity index (χ3n) is 4.93. The Morgan fingerprint density at radius 2 is 1.77 bits per heavy atom. The van der Waals surface area contributed by atoms with Gasteiger partial charge in [0.25, 0.3) is 5.91 Å². The third-order valence-corrected chi connectivity index (χ3v) is 4.93. The van der Waals surface area contributed by atoms with Gasteiger partial charge in [-0.2, -0.15) is 13.2 Å². The fourth-order valence-electron chi connectivity index (χ4n) is 3.21. The number of nitro benzene ring substituents is 1. The van der Waals surface area contributed by atoms with Gasteiger partial charge in [-0.15, -0.1) is 0 Å². The molecule has 1 amide bonds. The molecule has 1 heterocycles. The molecule has 1 saturated heterocycles. The fraction of sp³-hybridized carbons (Fsp3) is 0.350. The van der Waals surface area contributed by atoms with Crippen molar-refractivity contribution in [2.24, 2.45) is 0 Å². The number of hydrogen-bond donors (Lipinski definition) is 0. The van der Waals surface area contributed by atoms with Gasteiger partial charge in [0, 0.05) is 32.2 Å². The molecule has 0 saturated carbocycles. The molecule has 0 N–H and O–H groups in total. The molecular formula is C20H20F3N3O4. The van der Waals surface area contributed by atoms with Crippen LogP contribution in [0.2, 0.25) is 0 Å². The highest BCUT2D eigenvalue weighted by atomic mass is 19.4. The van der Waals surface area contributed by atoms with Crippen molar-refractivity contribution in [3.63, 3.8) is 0 Å². The van der Waals surface area contributed by atoms with Gasteiger partial charge in [-0.25, -0.2) is 0 Å². The first kappa shape index (κ1) is 21.6. The molecule has 0 spiro atoms. The Morgan fingerprint density at radius 3 is 2.37 bits per heavy atom. The van der Waals surface area contributed by atoms with Gasteiger partial charge in [-0.1, -0.05) is 19.1 Å². The Kier molecular flexibility index (Phi) is 6.25. The van der Waals surface area contributed by atoms with Crippen molar-refractivity contribution in [1.82, 2.24) is 9.80 Å². The number of amides is 1. The van der Waals surface area contributed by atoms with Gasteiger partial charge in [-0.05, 0) is 30.8 Å². The Labute approximate surface area is 170 Å². The van der Waals surface area contributed by atoms with E-state index in [1.807, 2.05) is 6.92 Å². The summed E-state index contributed by atoms with van der Waals surface area (Å²) in [5.74, 6) is -0.622. The average molecular weight is 423 g/mol. The van der Waals surface area contributed by atoms with Crippen molar-refractivity contribution >= 4 is 11.6 Å². The van der Waals surface area contributed by atoms with Crippen molar-refractivity contribution in [2.75, 3.05) is 32.7 Å². The van der Waals surface area contributed by atoms with Crippen LogP contribution in [-0.4, -0.2) is 53.4 Å². The number of nitrogens with zero attached hydrogens (tertiary/aromatic N) is 3. The van der Waals surface area contributed by atoms with Gasteiger partial charge in [0.05, 0.1) is 16.1 Å². The number of ether oxygens (including phenoxy) is 1. The van der Waals surface area contributed by atoms with E-state index in [4.69, 9.17) is 4.74 Å². The highest BCUT2D eigenvalue weighted by Gasteiger charge is 2.34. The second-order valence-electron chi connectivity index (χ2n) is 6.76. The number of alkyl halides is 3. The summed E-state index contributed by atoms with van der Waals surface area (Å²) in [6.07, 6.45) is -4.72. The quantitative estimate of drug-likeness (QED) is 0.533. The first-order valence-corrected chi connectivity index (χ1v) is 9.35. The summed E-state index contributed by atoms with van der Waals surface area (Å²) in [6.45, 7) is 5.45. The Bertz CT molecular complexity index is 941. The van der Waals surface area contributed by atoms with E-state index in [-0.39, 0.29) is 23.0 Å². The van der Waals surface area contributed by atoms with Crippen LogP contribution in [0.25, 0.3) is 0 Å². The third kappa shape index (κ3) is 4.70. The van der Waals surface area contributed by atoms with Crippen LogP contribution >= 0.6 is 0 Å². The van der Waals surface area contributed by atoms with Gasteiger partial charge >= 0.3 is 11.9 Å².